The molecule has 0 spiro atoms. The molecule has 0 saturated heterocycles. The van der Waals surface area contributed by atoms with Crippen LogP contribution in [-0.2, 0) is 4.79 Å². The molecule has 5 heteroatoms. The van der Waals surface area contributed by atoms with Crippen LogP contribution in [0, 0.1) is 5.92 Å². The van der Waals surface area contributed by atoms with Crippen molar-refractivity contribution < 1.29 is 4.79 Å². The van der Waals surface area contributed by atoms with E-state index < -0.39 is 0 Å². The van der Waals surface area contributed by atoms with Crippen LogP contribution in [0.4, 0.5) is 5.95 Å². The minimum atomic E-state index is 0.142. The summed E-state index contributed by atoms with van der Waals surface area (Å²) in [5.74, 6) is 0.880. The lowest BCUT2D eigenvalue weighted by molar-refractivity contribution is -0.125. The number of hydrogen-bond donors (Lipinski definition) is 2. The van der Waals surface area contributed by atoms with Crippen LogP contribution in [0.15, 0.2) is 30.6 Å². The van der Waals surface area contributed by atoms with Crippen molar-refractivity contribution in [3.8, 4) is 0 Å². The van der Waals surface area contributed by atoms with E-state index in [1.165, 1.54) is 0 Å². The van der Waals surface area contributed by atoms with E-state index in [1.807, 2.05) is 0 Å². The average molecular weight is 246 g/mol. The molecule has 1 heterocycles. The number of amides is 1. The van der Waals surface area contributed by atoms with E-state index >= 15 is 0 Å². The zero-order chi connectivity index (χ0) is 12.6. The Kier molecular flexibility index (Phi) is 4.69. The first-order valence-electron chi connectivity index (χ1n) is 6.30. The smallest absolute Gasteiger partial charge is 0.223 e. The number of nitrogens with zero attached hydrogens (tertiary/aromatic N) is 2. The van der Waals surface area contributed by atoms with E-state index in [9.17, 15) is 4.79 Å². The second kappa shape index (κ2) is 6.74. The fourth-order valence-corrected chi connectivity index (χ4v) is 1.93. The number of anilines is 1. The largest absolute Gasteiger partial charge is 0.354 e. The van der Waals surface area contributed by atoms with Gasteiger partial charge in [-0.3, -0.25) is 4.79 Å². The average Bonchev–Trinajstić information content (AvgIpc) is 2.45. The van der Waals surface area contributed by atoms with Crippen molar-refractivity contribution >= 4 is 11.9 Å². The zero-order valence-corrected chi connectivity index (χ0v) is 10.3. The molecule has 1 amide bonds. The predicted octanol–water partition coefficient (Wildman–Crippen LogP) is 1.36. The van der Waals surface area contributed by atoms with Crippen LogP contribution < -0.4 is 10.6 Å². The molecule has 18 heavy (non-hydrogen) atoms. The Morgan fingerprint density at radius 2 is 2.11 bits per heavy atom. The fraction of sp³-hybridized carbons (Fsp3) is 0.462. The molecular weight excluding hydrogens is 228 g/mol. The van der Waals surface area contributed by atoms with Gasteiger partial charge in [0.25, 0.3) is 0 Å². The number of nitrogens with one attached hydrogen (secondary N) is 2. The van der Waals surface area contributed by atoms with Crippen LogP contribution in [0.2, 0.25) is 0 Å². The highest BCUT2D eigenvalue weighted by Crippen LogP contribution is 2.17. The summed E-state index contributed by atoms with van der Waals surface area (Å²) in [6.45, 7) is 1.23. The van der Waals surface area contributed by atoms with Gasteiger partial charge in [0.05, 0.1) is 0 Å². The van der Waals surface area contributed by atoms with Crippen LogP contribution in [-0.4, -0.2) is 29.0 Å². The number of aromatic nitrogens is 2. The Morgan fingerprint density at radius 1 is 1.28 bits per heavy atom. The third kappa shape index (κ3) is 3.84. The highest BCUT2D eigenvalue weighted by molar-refractivity contribution is 5.78. The SMILES string of the molecule is O=C(NCCNc1ncccn1)[C@H]1CC=CCC1. The maximum atomic E-state index is 11.8. The second-order valence-electron chi connectivity index (χ2n) is 4.27. The van der Waals surface area contributed by atoms with Gasteiger partial charge in [-0.2, -0.15) is 0 Å². The molecule has 0 saturated carbocycles. The summed E-state index contributed by atoms with van der Waals surface area (Å²) in [6, 6.07) is 1.77. The topological polar surface area (TPSA) is 66.9 Å². The standard InChI is InChI=1S/C13H18N4O/c18-12(11-5-2-1-3-6-11)14-9-10-17-13-15-7-4-8-16-13/h1-2,4,7-8,11H,3,5-6,9-10H2,(H,14,18)(H,15,16,17)/t11-/m0/s1. The van der Waals surface area contributed by atoms with Crippen LogP contribution in [0.25, 0.3) is 0 Å². The number of allylic oxidation sites excluding steroid dienone is 2. The normalized spacial score (nSPS) is 18.3. The van der Waals surface area contributed by atoms with Gasteiger partial charge in [0, 0.05) is 31.4 Å². The first-order valence-corrected chi connectivity index (χ1v) is 6.30. The molecule has 5 nitrogen and oxygen atoms in total. The van der Waals surface area contributed by atoms with E-state index in [0.717, 1.165) is 19.3 Å². The molecule has 0 aliphatic heterocycles. The fourth-order valence-electron chi connectivity index (χ4n) is 1.93. The van der Waals surface area contributed by atoms with Crippen molar-refractivity contribution in [1.82, 2.24) is 15.3 Å². The number of rotatable bonds is 5. The Labute approximate surface area is 107 Å². The molecule has 1 aromatic rings. The van der Waals surface area contributed by atoms with Crippen molar-refractivity contribution in [3.05, 3.63) is 30.6 Å². The summed E-state index contributed by atoms with van der Waals surface area (Å²) in [5.41, 5.74) is 0. The zero-order valence-electron chi connectivity index (χ0n) is 10.3. The van der Waals surface area contributed by atoms with E-state index in [-0.39, 0.29) is 11.8 Å². The summed E-state index contributed by atoms with van der Waals surface area (Å²) in [6.07, 6.45) is 10.4. The van der Waals surface area contributed by atoms with Crippen molar-refractivity contribution in [2.75, 3.05) is 18.4 Å². The van der Waals surface area contributed by atoms with Crippen molar-refractivity contribution in [1.29, 1.82) is 0 Å². The van der Waals surface area contributed by atoms with Gasteiger partial charge in [0.2, 0.25) is 11.9 Å². The summed E-state index contributed by atoms with van der Waals surface area (Å²) >= 11 is 0. The summed E-state index contributed by atoms with van der Waals surface area (Å²) < 4.78 is 0. The molecule has 1 aliphatic rings. The van der Waals surface area contributed by atoms with Gasteiger partial charge in [-0.15, -0.1) is 0 Å². The molecule has 0 radical (unpaired) electrons. The molecule has 0 bridgehead atoms. The highest BCUT2D eigenvalue weighted by atomic mass is 16.1. The van der Waals surface area contributed by atoms with E-state index in [4.69, 9.17) is 0 Å². The first-order chi connectivity index (χ1) is 8.86. The lowest BCUT2D eigenvalue weighted by Gasteiger charge is -2.17. The molecule has 0 aromatic carbocycles. The molecule has 2 rings (SSSR count). The lowest BCUT2D eigenvalue weighted by atomic mass is 9.94. The first kappa shape index (κ1) is 12.5. The minimum absolute atomic E-state index is 0.142. The maximum Gasteiger partial charge on any atom is 0.223 e. The Hall–Kier alpha value is -1.91. The van der Waals surface area contributed by atoms with Gasteiger partial charge in [-0.1, -0.05) is 12.2 Å². The van der Waals surface area contributed by atoms with E-state index in [2.05, 4.69) is 32.8 Å². The maximum absolute atomic E-state index is 11.8. The summed E-state index contributed by atoms with van der Waals surface area (Å²) in [7, 11) is 0. The Bertz CT molecular complexity index is 405. The molecular formula is C13H18N4O. The monoisotopic (exact) mass is 246 g/mol. The highest BCUT2D eigenvalue weighted by Gasteiger charge is 2.17. The van der Waals surface area contributed by atoms with Crippen molar-refractivity contribution in [3.63, 3.8) is 0 Å². The molecule has 0 unspecified atom stereocenters. The van der Waals surface area contributed by atoms with Crippen molar-refractivity contribution in [2.45, 2.75) is 19.3 Å². The predicted molar refractivity (Wildman–Crippen MR) is 70.0 cm³/mol. The van der Waals surface area contributed by atoms with Crippen LogP contribution in [0.3, 0.4) is 0 Å². The van der Waals surface area contributed by atoms with Crippen LogP contribution in [0.5, 0.6) is 0 Å². The second-order valence-corrected chi connectivity index (χ2v) is 4.27. The number of hydrogen-bond acceptors (Lipinski definition) is 4. The van der Waals surface area contributed by atoms with Gasteiger partial charge >= 0.3 is 0 Å². The molecule has 1 aromatic heterocycles. The lowest BCUT2D eigenvalue weighted by Crippen LogP contribution is -2.34. The van der Waals surface area contributed by atoms with Gasteiger partial charge < -0.3 is 10.6 Å². The summed E-state index contributed by atoms with van der Waals surface area (Å²) in [5, 5.41) is 5.98. The van der Waals surface area contributed by atoms with Gasteiger partial charge in [-0.25, -0.2) is 9.97 Å². The molecule has 96 valence electrons. The van der Waals surface area contributed by atoms with Crippen molar-refractivity contribution in [2.24, 2.45) is 5.92 Å². The van der Waals surface area contributed by atoms with Gasteiger partial charge in [0.15, 0.2) is 0 Å². The molecule has 0 fully saturated rings. The third-order valence-corrected chi connectivity index (χ3v) is 2.91. The van der Waals surface area contributed by atoms with Crippen LogP contribution >= 0.6 is 0 Å². The van der Waals surface area contributed by atoms with Gasteiger partial charge in [-0.05, 0) is 25.3 Å². The van der Waals surface area contributed by atoms with E-state index in [0.29, 0.717) is 19.0 Å². The molecule has 2 N–H and O–H groups in total. The Morgan fingerprint density at radius 3 is 2.83 bits per heavy atom. The minimum Gasteiger partial charge on any atom is -0.354 e. The Balaban J connectivity index is 1.63. The third-order valence-electron chi connectivity index (χ3n) is 2.91. The van der Waals surface area contributed by atoms with E-state index in [1.54, 1.807) is 18.5 Å². The molecule has 1 atom stereocenters. The number of carbonyl (C=O) groups excluding carboxylic acids is 1. The van der Waals surface area contributed by atoms with Crippen LogP contribution in [0.1, 0.15) is 19.3 Å². The van der Waals surface area contributed by atoms with Gasteiger partial charge in [0.1, 0.15) is 0 Å². The number of carbonyl (C=O) groups is 1. The molecule has 1 aliphatic carbocycles. The summed E-state index contributed by atoms with van der Waals surface area (Å²) in [4.78, 5) is 19.9. The quantitative estimate of drug-likeness (QED) is 0.608.